The molecule has 1 fully saturated rings. The van der Waals surface area contributed by atoms with Crippen molar-refractivity contribution >= 4 is 10.0 Å². The number of aryl methyl sites for hydroxylation is 1. The number of benzene rings is 1. The summed E-state index contributed by atoms with van der Waals surface area (Å²) in [5.74, 6) is 0. The minimum Gasteiger partial charge on any atom is -0.320 e. The monoisotopic (exact) mass is 311 g/mol. The third-order valence-corrected chi connectivity index (χ3v) is 5.38. The lowest BCUT2D eigenvalue weighted by Gasteiger charge is -2.13. The summed E-state index contributed by atoms with van der Waals surface area (Å²) >= 11 is 0. The first-order chi connectivity index (χ1) is 10.0. The maximum Gasteiger partial charge on any atom is 0.240 e. The third kappa shape index (κ3) is 4.78. The van der Waals surface area contributed by atoms with Crippen molar-refractivity contribution in [3.05, 3.63) is 29.8 Å². The number of sulfonamides is 1. The van der Waals surface area contributed by atoms with E-state index in [1.807, 2.05) is 26.2 Å². The standard InChI is InChI=1S/C15H25N3O2S/c1-16-10-3-4-13-5-7-15(8-6-13)21(19,20)17-14-9-11-18(2)12-14/h5-8,14,16-17H,3-4,9-12H2,1-2H3. The van der Waals surface area contributed by atoms with E-state index in [1.54, 1.807) is 12.1 Å². The van der Waals surface area contributed by atoms with Crippen LogP contribution in [0.2, 0.25) is 0 Å². The van der Waals surface area contributed by atoms with Gasteiger partial charge >= 0.3 is 0 Å². The third-order valence-electron chi connectivity index (χ3n) is 3.84. The van der Waals surface area contributed by atoms with Crippen LogP contribution in [0.5, 0.6) is 0 Å². The van der Waals surface area contributed by atoms with Crippen LogP contribution < -0.4 is 10.0 Å². The SMILES string of the molecule is CNCCCc1ccc(S(=O)(=O)NC2CCN(C)C2)cc1. The van der Waals surface area contributed by atoms with Crippen LogP contribution in [0.1, 0.15) is 18.4 Å². The largest absolute Gasteiger partial charge is 0.320 e. The molecule has 2 N–H and O–H groups in total. The van der Waals surface area contributed by atoms with Crippen LogP contribution >= 0.6 is 0 Å². The van der Waals surface area contributed by atoms with Gasteiger partial charge < -0.3 is 10.2 Å². The second-order valence-electron chi connectivity index (χ2n) is 5.72. The van der Waals surface area contributed by atoms with Gasteiger partial charge in [-0.15, -0.1) is 0 Å². The van der Waals surface area contributed by atoms with Crippen LogP contribution in [-0.4, -0.2) is 53.1 Å². The van der Waals surface area contributed by atoms with E-state index in [0.717, 1.165) is 38.9 Å². The van der Waals surface area contributed by atoms with Gasteiger partial charge in [0.05, 0.1) is 4.90 Å². The first-order valence-electron chi connectivity index (χ1n) is 7.45. The second-order valence-corrected chi connectivity index (χ2v) is 7.43. The number of hydrogen-bond donors (Lipinski definition) is 2. The van der Waals surface area contributed by atoms with Gasteiger partial charge in [-0.25, -0.2) is 13.1 Å². The highest BCUT2D eigenvalue weighted by Crippen LogP contribution is 2.15. The second kappa shape index (κ2) is 7.35. The summed E-state index contributed by atoms with van der Waals surface area (Å²) in [7, 11) is 0.542. The van der Waals surface area contributed by atoms with Crippen molar-refractivity contribution < 1.29 is 8.42 Å². The number of likely N-dealkylation sites (N-methyl/N-ethyl adjacent to an activating group) is 1. The van der Waals surface area contributed by atoms with Crippen molar-refractivity contribution in [3.8, 4) is 0 Å². The summed E-state index contributed by atoms with van der Waals surface area (Å²) in [6.45, 7) is 2.69. The molecule has 0 amide bonds. The Morgan fingerprint density at radius 3 is 2.57 bits per heavy atom. The number of likely N-dealkylation sites (tertiary alicyclic amines) is 1. The Balaban J connectivity index is 1.96. The highest BCUT2D eigenvalue weighted by Gasteiger charge is 2.25. The Labute approximate surface area is 127 Å². The van der Waals surface area contributed by atoms with Crippen LogP contribution in [0.25, 0.3) is 0 Å². The summed E-state index contributed by atoms with van der Waals surface area (Å²) in [6.07, 6.45) is 2.88. The van der Waals surface area contributed by atoms with E-state index in [9.17, 15) is 8.42 Å². The van der Waals surface area contributed by atoms with Gasteiger partial charge in [-0.3, -0.25) is 0 Å². The van der Waals surface area contributed by atoms with Crippen molar-refractivity contribution in [1.29, 1.82) is 0 Å². The zero-order valence-electron chi connectivity index (χ0n) is 12.8. The molecule has 1 saturated heterocycles. The molecule has 1 aromatic carbocycles. The lowest BCUT2D eigenvalue weighted by molar-refractivity contribution is 0.407. The molecular formula is C15H25N3O2S. The molecule has 1 unspecified atom stereocenters. The summed E-state index contributed by atoms with van der Waals surface area (Å²) in [5.41, 5.74) is 1.17. The van der Waals surface area contributed by atoms with Gasteiger partial charge in [0.2, 0.25) is 10.0 Å². The topological polar surface area (TPSA) is 61.4 Å². The van der Waals surface area contributed by atoms with Gasteiger partial charge in [0.25, 0.3) is 0 Å². The molecular weight excluding hydrogens is 286 g/mol. The Bertz CT molecular complexity index is 543. The van der Waals surface area contributed by atoms with Crippen molar-refractivity contribution in [2.75, 3.05) is 33.7 Å². The number of rotatable bonds is 7. The van der Waals surface area contributed by atoms with Crippen molar-refractivity contribution in [3.63, 3.8) is 0 Å². The molecule has 118 valence electrons. The molecule has 1 aliphatic heterocycles. The predicted octanol–water partition coefficient (Wildman–Crippen LogP) is 0.821. The predicted molar refractivity (Wildman–Crippen MR) is 84.9 cm³/mol. The highest BCUT2D eigenvalue weighted by molar-refractivity contribution is 7.89. The van der Waals surface area contributed by atoms with E-state index in [2.05, 4.69) is 14.9 Å². The highest BCUT2D eigenvalue weighted by atomic mass is 32.2. The Hall–Kier alpha value is -0.950. The summed E-state index contributed by atoms with van der Waals surface area (Å²) < 4.78 is 27.4. The van der Waals surface area contributed by atoms with Gasteiger partial charge in [0.1, 0.15) is 0 Å². The number of nitrogens with one attached hydrogen (secondary N) is 2. The smallest absolute Gasteiger partial charge is 0.240 e. The van der Waals surface area contributed by atoms with Crippen molar-refractivity contribution in [2.24, 2.45) is 0 Å². The molecule has 0 bridgehead atoms. The molecule has 2 rings (SSSR count). The fraction of sp³-hybridized carbons (Fsp3) is 0.600. The van der Waals surface area contributed by atoms with Gasteiger partial charge in [-0.05, 0) is 64.1 Å². The summed E-state index contributed by atoms with van der Waals surface area (Å²) in [4.78, 5) is 2.49. The van der Waals surface area contributed by atoms with E-state index in [0.29, 0.717) is 4.90 Å². The average molecular weight is 311 g/mol. The van der Waals surface area contributed by atoms with E-state index in [1.165, 1.54) is 5.56 Å². The van der Waals surface area contributed by atoms with E-state index in [4.69, 9.17) is 0 Å². The molecule has 1 aliphatic rings. The lowest BCUT2D eigenvalue weighted by Crippen LogP contribution is -2.36. The molecule has 0 aliphatic carbocycles. The van der Waals surface area contributed by atoms with E-state index in [-0.39, 0.29) is 6.04 Å². The van der Waals surface area contributed by atoms with Gasteiger partial charge in [0, 0.05) is 12.6 Å². The summed E-state index contributed by atoms with van der Waals surface area (Å²) in [5, 5.41) is 3.11. The average Bonchev–Trinajstić information content (AvgIpc) is 2.84. The first-order valence-corrected chi connectivity index (χ1v) is 8.94. The number of nitrogens with zero attached hydrogens (tertiary/aromatic N) is 1. The molecule has 0 radical (unpaired) electrons. The van der Waals surface area contributed by atoms with Crippen LogP contribution in [-0.2, 0) is 16.4 Å². The maximum absolute atomic E-state index is 12.3. The zero-order valence-corrected chi connectivity index (χ0v) is 13.6. The fourth-order valence-corrected chi connectivity index (χ4v) is 3.88. The molecule has 1 heterocycles. The number of hydrogen-bond acceptors (Lipinski definition) is 4. The van der Waals surface area contributed by atoms with Gasteiger partial charge in [-0.1, -0.05) is 12.1 Å². The van der Waals surface area contributed by atoms with Crippen molar-refractivity contribution in [1.82, 2.24) is 14.9 Å². The Kier molecular flexibility index (Phi) is 5.75. The van der Waals surface area contributed by atoms with Gasteiger partial charge in [-0.2, -0.15) is 0 Å². The molecule has 0 saturated carbocycles. The lowest BCUT2D eigenvalue weighted by atomic mass is 10.1. The Morgan fingerprint density at radius 1 is 1.29 bits per heavy atom. The summed E-state index contributed by atoms with van der Waals surface area (Å²) in [6, 6.07) is 7.25. The van der Waals surface area contributed by atoms with Crippen LogP contribution in [0.15, 0.2) is 29.2 Å². The van der Waals surface area contributed by atoms with Gasteiger partial charge in [0.15, 0.2) is 0 Å². The Morgan fingerprint density at radius 2 is 2.00 bits per heavy atom. The molecule has 5 nitrogen and oxygen atoms in total. The fourth-order valence-electron chi connectivity index (χ4n) is 2.62. The minimum atomic E-state index is -3.40. The van der Waals surface area contributed by atoms with E-state index >= 15 is 0 Å². The molecule has 0 spiro atoms. The normalized spacial score (nSPS) is 20.0. The van der Waals surface area contributed by atoms with Crippen LogP contribution in [0.4, 0.5) is 0 Å². The van der Waals surface area contributed by atoms with Crippen LogP contribution in [0, 0.1) is 0 Å². The van der Waals surface area contributed by atoms with Crippen molar-refractivity contribution in [2.45, 2.75) is 30.2 Å². The zero-order chi connectivity index (χ0) is 15.3. The molecule has 6 heteroatoms. The first kappa shape index (κ1) is 16.4. The minimum absolute atomic E-state index is 0.0234. The van der Waals surface area contributed by atoms with E-state index < -0.39 is 10.0 Å². The molecule has 1 atom stereocenters. The quantitative estimate of drug-likeness (QED) is 0.732. The molecule has 0 aromatic heterocycles. The molecule has 21 heavy (non-hydrogen) atoms. The maximum atomic E-state index is 12.3. The van der Waals surface area contributed by atoms with Crippen LogP contribution in [0.3, 0.4) is 0 Å². The molecule has 1 aromatic rings.